The third-order valence-electron chi connectivity index (χ3n) is 2.49. The highest BCUT2D eigenvalue weighted by atomic mass is 32.1. The van der Waals surface area contributed by atoms with Crippen LogP contribution in [0.3, 0.4) is 0 Å². The molecule has 0 spiro atoms. The van der Waals surface area contributed by atoms with E-state index in [1.165, 1.54) is 17.5 Å². The highest BCUT2D eigenvalue weighted by Crippen LogP contribution is 2.30. The fourth-order valence-corrected chi connectivity index (χ4v) is 2.72. The standard InChI is InChI=1S/C11H9N5OS/c1-16-5-6(4-14-16)11-15-7-2-3-13-8(10(12)17)9(7)18-11/h2-5H,1H3,(H2,12,17). The molecule has 0 aliphatic heterocycles. The first-order valence-electron chi connectivity index (χ1n) is 5.19. The van der Waals surface area contributed by atoms with Gasteiger partial charge in [0.15, 0.2) is 0 Å². The van der Waals surface area contributed by atoms with E-state index < -0.39 is 5.91 Å². The Balaban J connectivity index is 2.22. The van der Waals surface area contributed by atoms with Gasteiger partial charge in [-0.25, -0.2) is 9.97 Å². The van der Waals surface area contributed by atoms with Crippen LogP contribution in [0.5, 0.6) is 0 Å². The van der Waals surface area contributed by atoms with E-state index in [1.54, 1.807) is 16.9 Å². The summed E-state index contributed by atoms with van der Waals surface area (Å²) in [7, 11) is 1.84. The number of carbonyl (C=O) groups excluding carboxylic acids is 1. The Bertz CT molecular complexity index is 745. The number of primary amides is 1. The van der Waals surface area contributed by atoms with Gasteiger partial charge in [0.25, 0.3) is 5.91 Å². The molecule has 7 heteroatoms. The Morgan fingerprint density at radius 2 is 2.33 bits per heavy atom. The fourth-order valence-electron chi connectivity index (χ4n) is 1.69. The van der Waals surface area contributed by atoms with Gasteiger partial charge in [0.05, 0.1) is 16.4 Å². The van der Waals surface area contributed by atoms with E-state index in [2.05, 4.69) is 15.1 Å². The summed E-state index contributed by atoms with van der Waals surface area (Å²) in [6, 6.07) is 1.76. The molecule has 90 valence electrons. The summed E-state index contributed by atoms with van der Waals surface area (Å²) in [5.74, 6) is -0.540. The Morgan fingerprint density at radius 1 is 1.50 bits per heavy atom. The van der Waals surface area contributed by atoms with Gasteiger partial charge in [-0.2, -0.15) is 5.10 Å². The number of aromatic nitrogens is 4. The number of thiazole rings is 1. The lowest BCUT2D eigenvalue weighted by atomic mass is 10.3. The molecule has 3 rings (SSSR count). The first-order valence-corrected chi connectivity index (χ1v) is 6.01. The zero-order valence-electron chi connectivity index (χ0n) is 9.49. The fraction of sp³-hybridized carbons (Fsp3) is 0.0909. The van der Waals surface area contributed by atoms with Gasteiger partial charge < -0.3 is 5.73 Å². The van der Waals surface area contributed by atoms with Gasteiger partial charge in [-0.05, 0) is 6.07 Å². The van der Waals surface area contributed by atoms with Crippen molar-refractivity contribution in [1.29, 1.82) is 0 Å². The van der Waals surface area contributed by atoms with Crippen LogP contribution in [-0.4, -0.2) is 25.7 Å². The average molecular weight is 259 g/mol. The highest BCUT2D eigenvalue weighted by molar-refractivity contribution is 7.22. The number of nitrogens with zero attached hydrogens (tertiary/aromatic N) is 4. The average Bonchev–Trinajstić information content (AvgIpc) is 2.93. The molecule has 0 aliphatic carbocycles. The maximum Gasteiger partial charge on any atom is 0.268 e. The normalized spacial score (nSPS) is 10.9. The lowest BCUT2D eigenvalue weighted by Gasteiger charge is -1.93. The SMILES string of the molecule is Cn1cc(-c2nc3ccnc(C(N)=O)c3s2)cn1. The van der Waals surface area contributed by atoms with E-state index in [-0.39, 0.29) is 5.69 Å². The number of rotatable bonds is 2. The van der Waals surface area contributed by atoms with Crippen LogP contribution in [0.2, 0.25) is 0 Å². The van der Waals surface area contributed by atoms with Crippen molar-refractivity contribution in [2.75, 3.05) is 0 Å². The number of nitrogens with two attached hydrogens (primary N) is 1. The topological polar surface area (TPSA) is 86.7 Å². The first-order chi connectivity index (χ1) is 8.65. The summed E-state index contributed by atoms with van der Waals surface area (Å²) in [6.07, 6.45) is 5.14. The van der Waals surface area contributed by atoms with Crippen LogP contribution in [0.25, 0.3) is 20.8 Å². The third-order valence-corrected chi connectivity index (χ3v) is 3.62. The molecule has 1 amide bonds. The number of fused-ring (bicyclic) bond motifs is 1. The van der Waals surface area contributed by atoms with Crippen molar-refractivity contribution < 1.29 is 4.79 Å². The number of aryl methyl sites for hydroxylation is 1. The summed E-state index contributed by atoms with van der Waals surface area (Å²) in [4.78, 5) is 19.7. The van der Waals surface area contributed by atoms with Crippen LogP contribution < -0.4 is 5.73 Å². The van der Waals surface area contributed by atoms with Crippen LogP contribution in [-0.2, 0) is 7.05 Å². The molecular weight excluding hydrogens is 250 g/mol. The molecule has 2 N–H and O–H groups in total. The lowest BCUT2D eigenvalue weighted by molar-refractivity contribution is 0.0997. The molecule has 3 aromatic rings. The van der Waals surface area contributed by atoms with E-state index in [9.17, 15) is 4.79 Å². The summed E-state index contributed by atoms with van der Waals surface area (Å²) in [6.45, 7) is 0. The number of hydrogen-bond donors (Lipinski definition) is 1. The summed E-state index contributed by atoms with van der Waals surface area (Å²) in [5, 5.41) is 4.90. The van der Waals surface area contributed by atoms with Crippen LogP contribution in [0, 0.1) is 0 Å². The van der Waals surface area contributed by atoms with E-state index >= 15 is 0 Å². The van der Waals surface area contributed by atoms with Crippen molar-refractivity contribution in [3.05, 3.63) is 30.4 Å². The van der Waals surface area contributed by atoms with Gasteiger partial charge in [0, 0.05) is 25.0 Å². The highest BCUT2D eigenvalue weighted by Gasteiger charge is 2.14. The molecular formula is C11H9N5OS. The molecule has 3 aromatic heterocycles. The second kappa shape index (κ2) is 3.88. The van der Waals surface area contributed by atoms with E-state index in [0.29, 0.717) is 4.70 Å². The minimum Gasteiger partial charge on any atom is -0.364 e. The van der Waals surface area contributed by atoms with Crippen molar-refractivity contribution >= 4 is 27.5 Å². The zero-order valence-corrected chi connectivity index (χ0v) is 10.3. The van der Waals surface area contributed by atoms with Crippen molar-refractivity contribution in [3.8, 4) is 10.6 Å². The molecule has 0 bridgehead atoms. The van der Waals surface area contributed by atoms with Gasteiger partial charge in [0.2, 0.25) is 0 Å². The van der Waals surface area contributed by atoms with Crippen molar-refractivity contribution in [2.45, 2.75) is 0 Å². The lowest BCUT2D eigenvalue weighted by Crippen LogP contribution is -2.12. The van der Waals surface area contributed by atoms with Crippen molar-refractivity contribution in [1.82, 2.24) is 19.7 Å². The summed E-state index contributed by atoms with van der Waals surface area (Å²) in [5.41, 5.74) is 7.19. The maximum atomic E-state index is 11.3. The molecule has 18 heavy (non-hydrogen) atoms. The second-order valence-corrected chi connectivity index (χ2v) is 4.79. The molecule has 0 fully saturated rings. The summed E-state index contributed by atoms with van der Waals surface area (Å²) >= 11 is 1.39. The molecule has 0 aliphatic rings. The van der Waals surface area contributed by atoms with Crippen LogP contribution in [0.15, 0.2) is 24.7 Å². The molecule has 0 saturated carbocycles. The molecule has 0 saturated heterocycles. The second-order valence-electron chi connectivity index (χ2n) is 3.79. The van der Waals surface area contributed by atoms with Crippen molar-refractivity contribution in [2.24, 2.45) is 12.8 Å². The van der Waals surface area contributed by atoms with Crippen molar-refractivity contribution in [3.63, 3.8) is 0 Å². The van der Waals surface area contributed by atoms with Gasteiger partial charge in [-0.1, -0.05) is 0 Å². The Labute approximate surface area is 106 Å². The predicted octanol–water partition coefficient (Wildman–Crippen LogP) is 1.19. The Kier molecular flexibility index (Phi) is 2.34. The Morgan fingerprint density at radius 3 is 3.00 bits per heavy atom. The number of pyridine rings is 1. The monoisotopic (exact) mass is 259 g/mol. The number of amides is 1. The minimum absolute atomic E-state index is 0.264. The summed E-state index contributed by atoms with van der Waals surface area (Å²) < 4.78 is 2.41. The van der Waals surface area contributed by atoms with Crippen LogP contribution in [0.4, 0.5) is 0 Å². The number of hydrogen-bond acceptors (Lipinski definition) is 5. The van der Waals surface area contributed by atoms with Gasteiger partial charge in [-0.15, -0.1) is 11.3 Å². The number of carbonyl (C=O) groups is 1. The van der Waals surface area contributed by atoms with Gasteiger partial charge >= 0.3 is 0 Å². The van der Waals surface area contributed by atoms with Gasteiger partial charge in [-0.3, -0.25) is 9.48 Å². The Hall–Kier alpha value is -2.28. The van der Waals surface area contributed by atoms with E-state index in [1.807, 2.05) is 13.2 Å². The molecule has 0 unspecified atom stereocenters. The predicted molar refractivity (Wildman–Crippen MR) is 68.1 cm³/mol. The maximum absolute atomic E-state index is 11.3. The molecule has 0 radical (unpaired) electrons. The molecule has 6 nitrogen and oxygen atoms in total. The van der Waals surface area contributed by atoms with Crippen LogP contribution in [0.1, 0.15) is 10.5 Å². The first kappa shape index (κ1) is 10.8. The molecule has 0 atom stereocenters. The smallest absolute Gasteiger partial charge is 0.268 e. The zero-order chi connectivity index (χ0) is 12.7. The van der Waals surface area contributed by atoms with E-state index in [4.69, 9.17) is 5.73 Å². The van der Waals surface area contributed by atoms with Gasteiger partial charge in [0.1, 0.15) is 10.7 Å². The molecule has 3 heterocycles. The molecule has 0 aromatic carbocycles. The minimum atomic E-state index is -0.540. The quantitative estimate of drug-likeness (QED) is 0.749. The largest absolute Gasteiger partial charge is 0.364 e. The third kappa shape index (κ3) is 1.65. The van der Waals surface area contributed by atoms with E-state index in [0.717, 1.165) is 16.1 Å². The van der Waals surface area contributed by atoms with Crippen LogP contribution >= 0.6 is 11.3 Å².